The van der Waals surface area contributed by atoms with Gasteiger partial charge in [-0.3, -0.25) is 9.59 Å². The van der Waals surface area contributed by atoms with Gasteiger partial charge in [0.1, 0.15) is 22.9 Å². The van der Waals surface area contributed by atoms with Crippen LogP contribution in [0.5, 0.6) is 0 Å². The van der Waals surface area contributed by atoms with Gasteiger partial charge >= 0.3 is 12.3 Å². The first-order valence-corrected chi connectivity index (χ1v) is 14.9. The van der Waals surface area contributed by atoms with Crippen LogP contribution in [0.1, 0.15) is 82.8 Å². The molecule has 2 saturated heterocycles. The molecule has 1 aromatic rings. The van der Waals surface area contributed by atoms with Crippen molar-refractivity contribution in [3.8, 4) is 0 Å². The maximum atomic E-state index is 15.9. The lowest BCUT2D eigenvalue weighted by Gasteiger charge is -2.34. The Hall–Kier alpha value is -3.03. The Morgan fingerprint density at radius 3 is 2.11 bits per heavy atom. The number of alkyl halides is 5. The minimum absolute atomic E-state index is 0.193. The van der Waals surface area contributed by atoms with Gasteiger partial charge in [0.25, 0.3) is 5.92 Å². The molecular formula is C30H38F6N4O4. The van der Waals surface area contributed by atoms with Crippen LogP contribution in [0.15, 0.2) is 18.2 Å². The van der Waals surface area contributed by atoms with Crippen molar-refractivity contribution in [2.24, 2.45) is 17.1 Å². The zero-order chi connectivity index (χ0) is 32.5. The SMILES string of the molecule is CC(C)(C)OC(=O)N1CCC(c2ccc(C(F)(F)C3C[C@@H](C(=O)NC4(N)CC4)N(C(=O)C4(C(F)(F)F)CC4)C3)c(F)c2)CC1. The lowest BCUT2D eigenvalue weighted by molar-refractivity contribution is -0.199. The number of hydrogen-bond donors (Lipinski definition) is 2. The molecule has 2 saturated carbocycles. The number of piperidine rings is 1. The van der Waals surface area contributed by atoms with Crippen LogP contribution in [0.2, 0.25) is 0 Å². The highest BCUT2D eigenvalue weighted by Crippen LogP contribution is 2.59. The van der Waals surface area contributed by atoms with Gasteiger partial charge in [-0.2, -0.15) is 13.2 Å². The van der Waals surface area contributed by atoms with Gasteiger partial charge < -0.3 is 25.6 Å². The lowest BCUT2D eigenvalue weighted by atomic mass is 9.86. The summed E-state index contributed by atoms with van der Waals surface area (Å²) < 4.78 is 93.9. The summed E-state index contributed by atoms with van der Waals surface area (Å²) in [7, 11) is 0. The fraction of sp³-hybridized carbons (Fsp3) is 0.700. The minimum atomic E-state index is -4.90. The van der Waals surface area contributed by atoms with E-state index in [1.54, 1.807) is 25.7 Å². The first kappa shape index (κ1) is 32.4. The van der Waals surface area contributed by atoms with Crippen LogP contribution >= 0.6 is 0 Å². The predicted octanol–water partition coefficient (Wildman–Crippen LogP) is 5.16. The molecule has 0 bridgehead atoms. The van der Waals surface area contributed by atoms with Gasteiger partial charge in [-0.15, -0.1) is 0 Å². The Kier molecular flexibility index (Phi) is 7.94. The molecule has 2 aliphatic carbocycles. The van der Waals surface area contributed by atoms with Gasteiger partial charge in [0.15, 0.2) is 0 Å². The topological polar surface area (TPSA) is 105 Å². The minimum Gasteiger partial charge on any atom is -0.444 e. The van der Waals surface area contributed by atoms with Crippen molar-refractivity contribution in [2.45, 2.75) is 101 Å². The van der Waals surface area contributed by atoms with Gasteiger partial charge in [0.05, 0.1) is 11.2 Å². The molecule has 3 amide bonds. The molecule has 0 radical (unpaired) electrons. The molecule has 4 fully saturated rings. The van der Waals surface area contributed by atoms with E-state index in [0.717, 1.165) is 12.1 Å². The molecule has 2 heterocycles. The molecule has 244 valence electrons. The third-order valence-corrected chi connectivity index (χ3v) is 9.21. The summed E-state index contributed by atoms with van der Waals surface area (Å²) in [6, 6.07) is 1.77. The van der Waals surface area contributed by atoms with Crippen molar-refractivity contribution in [1.29, 1.82) is 0 Å². The van der Waals surface area contributed by atoms with E-state index in [4.69, 9.17) is 10.5 Å². The molecule has 5 rings (SSSR count). The average molecular weight is 633 g/mol. The summed E-state index contributed by atoms with van der Waals surface area (Å²) in [5, 5.41) is 2.47. The highest BCUT2D eigenvalue weighted by Gasteiger charge is 2.71. The molecule has 1 aromatic carbocycles. The van der Waals surface area contributed by atoms with E-state index in [9.17, 15) is 27.6 Å². The van der Waals surface area contributed by atoms with Gasteiger partial charge in [-0.1, -0.05) is 6.07 Å². The third kappa shape index (κ3) is 6.23. The number of nitrogens with two attached hydrogens (primary N) is 1. The van der Waals surface area contributed by atoms with Crippen LogP contribution < -0.4 is 11.1 Å². The number of ether oxygens (including phenoxy) is 1. The number of hydrogen-bond acceptors (Lipinski definition) is 5. The van der Waals surface area contributed by atoms with Crippen molar-refractivity contribution in [3.63, 3.8) is 0 Å². The van der Waals surface area contributed by atoms with Gasteiger partial charge in [0.2, 0.25) is 11.8 Å². The molecule has 0 spiro atoms. The second-order valence-electron chi connectivity index (χ2n) is 13.7. The van der Waals surface area contributed by atoms with E-state index >= 15 is 13.2 Å². The lowest BCUT2D eigenvalue weighted by Crippen LogP contribution is -2.55. The van der Waals surface area contributed by atoms with Crippen molar-refractivity contribution >= 4 is 17.9 Å². The second kappa shape index (κ2) is 10.8. The van der Waals surface area contributed by atoms with Gasteiger partial charge in [0, 0.05) is 25.6 Å². The Morgan fingerprint density at radius 2 is 1.61 bits per heavy atom. The molecule has 2 atom stereocenters. The van der Waals surface area contributed by atoms with E-state index in [2.05, 4.69) is 5.32 Å². The van der Waals surface area contributed by atoms with Crippen LogP contribution in [-0.2, 0) is 20.2 Å². The van der Waals surface area contributed by atoms with Gasteiger partial charge in [-0.25, -0.2) is 18.0 Å². The first-order valence-electron chi connectivity index (χ1n) is 14.9. The van der Waals surface area contributed by atoms with E-state index in [0.29, 0.717) is 49.2 Å². The highest BCUT2D eigenvalue weighted by molar-refractivity contribution is 5.93. The highest BCUT2D eigenvalue weighted by atomic mass is 19.4. The number of likely N-dealkylation sites (tertiary alicyclic amines) is 2. The van der Waals surface area contributed by atoms with Crippen LogP contribution in [0, 0.1) is 17.2 Å². The van der Waals surface area contributed by atoms with Crippen LogP contribution in [0.25, 0.3) is 0 Å². The molecule has 44 heavy (non-hydrogen) atoms. The van der Waals surface area contributed by atoms with E-state index in [1.165, 1.54) is 6.07 Å². The van der Waals surface area contributed by atoms with Crippen LogP contribution in [-0.4, -0.2) is 70.8 Å². The Balaban J connectivity index is 1.31. The summed E-state index contributed by atoms with van der Waals surface area (Å²) in [4.78, 5) is 40.6. The van der Waals surface area contributed by atoms with Gasteiger partial charge in [-0.05, 0) is 89.3 Å². The molecule has 1 unspecified atom stereocenters. The number of benzene rings is 1. The smallest absolute Gasteiger partial charge is 0.410 e. The number of nitrogens with zero attached hydrogens (tertiary/aromatic N) is 2. The molecule has 14 heteroatoms. The van der Waals surface area contributed by atoms with E-state index < -0.39 is 95.8 Å². The normalized spacial score (nSPS) is 25.0. The number of rotatable bonds is 6. The summed E-state index contributed by atoms with van der Waals surface area (Å²) in [6.45, 7) is 5.11. The number of carbonyl (C=O) groups is 3. The molecule has 3 N–H and O–H groups in total. The third-order valence-electron chi connectivity index (χ3n) is 9.21. The molecular weight excluding hydrogens is 594 g/mol. The molecule has 2 aliphatic heterocycles. The fourth-order valence-corrected chi connectivity index (χ4v) is 6.18. The van der Waals surface area contributed by atoms with Crippen molar-refractivity contribution in [3.05, 3.63) is 35.1 Å². The van der Waals surface area contributed by atoms with E-state index in [-0.39, 0.29) is 5.92 Å². The quantitative estimate of drug-likeness (QED) is 0.333. The monoisotopic (exact) mass is 632 g/mol. The zero-order valence-electron chi connectivity index (χ0n) is 24.9. The summed E-state index contributed by atoms with van der Waals surface area (Å²) >= 11 is 0. The first-order chi connectivity index (χ1) is 20.3. The Bertz CT molecular complexity index is 1310. The number of halogens is 6. The predicted molar refractivity (Wildman–Crippen MR) is 146 cm³/mol. The Labute approximate surface area is 251 Å². The maximum Gasteiger partial charge on any atom is 0.410 e. The second-order valence-corrected chi connectivity index (χ2v) is 13.7. The molecule has 4 aliphatic rings. The number of carbonyl (C=O) groups excluding carboxylic acids is 3. The summed E-state index contributed by atoms with van der Waals surface area (Å²) in [5.74, 6) is -9.41. The fourth-order valence-electron chi connectivity index (χ4n) is 6.18. The largest absolute Gasteiger partial charge is 0.444 e. The maximum absolute atomic E-state index is 15.9. The summed E-state index contributed by atoms with van der Waals surface area (Å²) in [6.07, 6.45) is -5.25. The Morgan fingerprint density at radius 1 is 1.00 bits per heavy atom. The zero-order valence-corrected chi connectivity index (χ0v) is 24.9. The molecule has 0 aromatic heterocycles. The number of nitrogens with one attached hydrogen (secondary N) is 1. The summed E-state index contributed by atoms with van der Waals surface area (Å²) in [5.41, 5.74) is 0.987. The van der Waals surface area contributed by atoms with E-state index in [1.807, 2.05) is 0 Å². The number of amides is 3. The average Bonchev–Trinajstić information content (AvgIpc) is 3.83. The standard InChI is InChI=1S/C30H38F6N4O4/c1-26(2,3)44-25(43)39-12-6-17(7-13-39)18-4-5-20(21(31)14-18)29(32,33)19-15-22(23(41)38-28(37)10-11-28)40(16-19)24(42)27(8-9-27)30(34,35)36/h4-5,14,17,19,22H,6-13,15-16,37H2,1-3H3,(H,38,41)/t19?,22-/m0/s1. The van der Waals surface area contributed by atoms with Crippen molar-refractivity contribution < 1.29 is 45.5 Å². The molecule has 8 nitrogen and oxygen atoms in total. The van der Waals surface area contributed by atoms with Crippen molar-refractivity contribution in [2.75, 3.05) is 19.6 Å². The van der Waals surface area contributed by atoms with Crippen LogP contribution in [0.4, 0.5) is 31.1 Å². The van der Waals surface area contributed by atoms with Crippen LogP contribution in [0.3, 0.4) is 0 Å². The van der Waals surface area contributed by atoms with Crippen molar-refractivity contribution in [1.82, 2.24) is 15.1 Å².